The van der Waals surface area contributed by atoms with Crippen LogP contribution >= 0.6 is 0 Å². The first-order valence-corrected chi connectivity index (χ1v) is 8.45. The van der Waals surface area contributed by atoms with E-state index in [1.165, 1.54) is 0 Å². The monoisotopic (exact) mass is 314 g/mol. The van der Waals surface area contributed by atoms with Crippen molar-refractivity contribution in [3.8, 4) is 0 Å². The van der Waals surface area contributed by atoms with Gasteiger partial charge >= 0.3 is 0 Å². The van der Waals surface area contributed by atoms with Gasteiger partial charge in [-0.25, -0.2) is 13.4 Å². The second kappa shape index (κ2) is 5.61. The summed E-state index contributed by atoms with van der Waals surface area (Å²) in [5, 5.41) is 4.27. The van der Waals surface area contributed by atoms with Gasteiger partial charge in [-0.3, -0.25) is 9.71 Å². The van der Waals surface area contributed by atoms with E-state index in [0.717, 1.165) is 28.5 Å². The minimum atomic E-state index is -3.32. The van der Waals surface area contributed by atoms with Gasteiger partial charge in [0.2, 0.25) is 10.0 Å². The second-order valence-corrected chi connectivity index (χ2v) is 6.56. The Morgan fingerprint density at radius 1 is 1.00 bits per heavy atom. The van der Waals surface area contributed by atoms with E-state index in [-0.39, 0.29) is 5.82 Å². The summed E-state index contributed by atoms with van der Waals surface area (Å²) in [6.07, 6.45) is 4.39. The predicted octanol–water partition coefficient (Wildman–Crippen LogP) is 2.74. The Bertz CT molecular complexity index is 903. The molecule has 0 aliphatic heterocycles. The molecule has 2 aromatic heterocycles. The number of rotatable bonds is 4. The molecule has 22 heavy (non-hydrogen) atoms. The molecule has 7 heteroatoms. The van der Waals surface area contributed by atoms with Gasteiger partial charge in [-0.05, 0) is 24.3 Å². The van der Waals surface area contributed by atoms with Gasteiger partial charge in [-0.1, -0.05) is 18.2 Å². The molecule has 0 bridgehead atoms. The molecule has 3 rings (SSSR count). The molecular formula is C15H14N4O2S. The topological polar surface area (TPSA) is 84.0 Å². The molecule has 0 aliphatic carbocycles. The van der Waals surface area contributed by atoms with E-state index < -0.39 is 10.0 Å². The number of benzene rings is 1. The fourth-order valence-corrected chi connectivity index (χ4v) is 2.58. The van der Waals surface area contributed by atoms with Crippen LogP contribution in [0.2, 0.25) is 0 Å². The SMILES string of the molecule is CS(=O)(=O)Nc1ccc(Nc2cccc3cccnc23)cn1. The minimum absolute atomic E-state index is 0.282. The summed E-state index contributed by atoms with van der Waals surface area (Å²) in [6.45, 7) is 0. The smallest absolute Gasteiger partial charge is 0.230 e. The highest BCUT2D eigenvalue weighted by molar-refractivity contribution is 7.92. The summed E-state index contributed by atoms with van der Waals surface area (Å²) >= 11 is 0. The fraction of sp³-hybridized carbons (Fsp3) is 0.0667. The number of hydrogen-bond acceptors (Lipinski definition) is 5. The van der Waals surface area contributed by atoms with Gasteiger partial charge < -0.3 is 5.32 Å². The largest absolute Gasteiger partial charge is 0.352 e. The summed E-state index contributed by atoms with van der Waals surface area (Å²) in [4.78, 5) is 8.44. The van der Waals surface area contributed by atoms with Crippen molar-refractivity contribution in [3.63, 3.8) is 0 Å². The third-order valence-corrected chi connectivity index (χ3v) is 3.55. The molecular weight excluding hydrogens is 300 g/mol. The van der Waals surface area contributed by atoms with Crippen molar-refractivity contribution < 1.29 is 8.42 Å². The van der Waals surface area contributed by atoms with Gasteiger partial charge in [-0.2, -0.15) is 0 Å². The number of pyridine rings is 2. The zero-order valence-corrected chi connectivity index (χ0v) is 12.6. The van der Waals surface area contributed by atoms with Crippen molar-refractivity contribution >= 4 is 38.1 Å². The van der Waals surface area contributed by atoms with Crippen LogP contribution in [0, 0.1) is 0 Å². The normalized spacial score (nSPS) is 11.3. The molecule has 112 valence electrons. The maximum absolute atomic E-state index is 11.1. The number of nitrogens with one attached hydrogen (secondary N) is 2. The molecule has 2 N–H and O–H groups in total. The number of nitrogens with zero attached hydrogens (tertiary/aromatic N) is 2. The molecule has 0 amide bonds. The first-order chi connectivity index (χ1) is 10.5. The minimum Gasteiger partial charge on any atom is -0.352 e. The highest BCUT2D eigenvalue weighted by Crippen LogP contribution is 2.24. The van der Waals surface area contributed by atoms with Crippen LogP contribution in [-0.4, -0.2) is 24.6 Å². The van der Waals surface area contributed by atoms with Crippen LogP contribution < -0.4 is 10.0 Å². The summed E-state index contributed by atoms with van der Waals surface area (Å²) in [5.74, 6) is 0.282. The number of sulfonamides is 1. The van der Waals surface area contributed by atoms with Gasteiger partial charge in [0, 0.05) is 11.6 Å². The maximum Gasteiger partial charge on any atom is 0.230 e. The third kappa shape index (κ3) is 3.32. The van der Waals surface area contributed by atoms with Crippen LogP contribution in [0.5, 0.6) is 0 Å². The van der Waals surface area contributed by atoms with E-state index in [1.807, 2.05) is 30.3 Å². The lowest BCUT2D eigenvalue weighted by Crippen LogP contribution is -2.10. The summed E-state index contributed by atoms with van der Waals surface area (Å²) in [5.41, 5.74) is 2.48. The quantitative estimate of drug-likeness (QED) is 0.773. The molecule has 0 atom stereocenters. The number of hydrogen-bond donors (Lipinski definition) is 2. The first-order valence-electron chi connectivity index (χ1n) is 6.56. The standard InChI is InChI=1S/C15H14N4O2S/c1-22(20,21)19-14-8-7-12(10-17-14)18-13-6-2-4-11-5-3-9-16-15(11)13/h2-10,18H,1H3,(H,17,19). The van der Waals surface area contributed by atoms with Gasteiger partial charge in [0.05, 0.1) is 29.3 Å². The molecule has 0 spiro atoms. The van der Waals surface area contributed by atoms with E-state index in [4.69, 9.17) is 0 Å². The zero-order chi connectivity index (χ0) is 15.6. The van der Waals surface area contributed by atoms with Gasteiger partial charge in [0.15, 0.2) is 0 Å². The second-order valence-electron chi connectivity index (χ2n) is 4.81. The van der Waals surface area contributed by atoms with Crippen molar-refractivity contribution in [1.82, 2.24) is 9.97 Å². The highest BCUT2D eigenvalue weighted by atomic mass is 32.2. The fourth-order valence-electron chi connectivity index (χ4n) is 2.08. The van der Waals surface area contributed by atoms with Crippen LogP contribution in [0.15, 0.2) is 54.9 Å². The summed E-state index contributed by atoms with van der Waals surface area (Å²) in [7, 11) is -3.32. The Labute approximate surface area is 128 Å². The number of para-hydroxylation sites is 1. The lowest BCUT2D eigenvalue weighted by molar-refractivity contribution is 0.606. The Balaban J connectivity index is 1.86. The van der Waals surface area contributed by atoms with Crippen molar-refractivity contribution in [3.05, 3.63) is 54.9 Å². The zero-order valence-electron chi connectivity index (χ0n) is 11.8. The number of anilines is 3. The van der Waals surface area contributed by atoms with Gasteiger partial charge in [0.25, 0.3) is 0 Å². The van der Waals surface area contributed by atoms with Crippen LogP contribution in [0.3, 0.4) is 0 Å². The Kier molecular flexibility index (Phi) is 3.64. The van der Waals surface area contributed by atoms with Crippen LogP contribution in [0.1, 0.15) is 0 Å². The molecule has 0 saturated carbocycles. The van der Waals surface area contributed by atoms with E-state index in [9.17, 15) is 8.42 Å². The Morgan fingerprint density at radius 2 is 1.82 bits per heavy atom. The molecule has 2 heterocycles. The molecule has 0 fully saturated rings. The summed E-state index contributed by atoms with van der Waals surface area (Å²) in [6, 6.07) is 13.1. The van der Waals surface area contributed by atoms with E-state index >= 15 is 0 Å². The van der Waals surface area contributed by atoms with Crippen molar-refractivity contribution in [1.29, 1.82) is 0 Å². The first kappa shape index (κ1) is 14.3. The van der Waals surface area contributed by atoms with Gasteiger partial charge in [-0.15, -0.1) is 0 Å². The molecule has 0 radical (unpaired) electrons. The lowest BCUT2D eigenvalue weighted by Gasteiger charge is -2.09. The van der Waals surface area contributed by atoms with Crippen molar-refractivity contribution in [2.45, 2.75) is 0 Å². The van der Waals surface area contributed by atoms with E-state index in [1.54, 1.807) is 24.5 Å². The lowest BCUT2D eigenvalue weighted by atomic mass is 10.2. The molecule has 3 aromatic rings. The average Bonchev–Trinajstić information content (AvgIpc) is 2.48. The Morgan fingerprint density at radius 3 is 2.55 bits per heavy atom. The van der Waals surface area contributed by atoms with Crippen molar-refractivity contribution in [2.24, 2.45) is 0 Å². The maximum atomic E-state index is 11.1. The number of fused-ring (bicyclic) bond motifs is 1. The van der Waals surface area contributed by atoms with Crippen LogP contribution in [0.25, 0.3) is 10.9 Å². The van der Waals surface area contributed by atoms with Crippen LogP contribution in [-0.2, 0) is 10.0 Å². The molecule has 0 unspecified atom stereocenters. The van der Waals surface area contributed by atoms with Gasteiger partial charge in [0.1, 0.15) is 5.82 Å². The van der Waals surface area contributed by atoms with Crippen LogP contribution in [0.4, 0.5) is 17.2 Å². The van der Waals surface area contributed by atoms with Crippen molar-refractivity contribution in [2.75, 3.05) is 16.3 Å². The number of aromatic nitrogens is 2. The molecule has 6 nitrogen and oxygen atoms in total. The molecule has 0 aliphatic rings. The summed E-state index contributed by atoms with van der Waals surface area (Å²) < 4.78 is 24.6. The Hall–Kier alpha value is -2.67. The highest BCUT2D eigenvalue weighted by Gasteiger charge is 2.05. The third-order valence-electron chi connectivity index (χ3n) is 2.97. The average molecular weight is 314 g/mol. The predicted molar refractivity (Wildman–Crippen MR) is 87.7 cm³/mol. The molecule has 0 saturated heterocycles. The molecule has 1 aromatic carbocycles. The van der Waals surface area contributed by atoms with E-state index in [0.29, 0.717) is 0 Å². The van der Waals surface area contributed by atoms with E-state index in [2.05, 4.69) is 20.0 Å².